The van der Waals surface area contributed by atoms with Crippen LogP contribution in [-0.2, 0) is 17.8 Å². The van der Waals surface area contributed by atoms with Gasteiger partial charge in [-0.15, -0.1) is 11.3 Å². The highest BCUT2D eigenvalue weighted by atomic mass is 32.1. The Morgan fingerprint density at radius 1 is 1.13 bits per heavy atom. The van der Waals surface area contributed by atoms with Crippen LogP contribution in [0.1, 0.15) is 9.67 Å². The molecular formula is C24H23F3N8O3S. The SMILES string of the molecule is O=C(Nc1nc2cc3[nH]c(=O)n(CC(F)(F)F)c3cc2n1CCN1CCOCC1)c1ccc(-c2cn[nH]c2)s1. The van der Waals surface area contributed by atoms with Crippen LogP contribution in [0.15, 0.2) is 41.5 Å². The number of aromatic amines is 2. The van der Waals surface area contributed by atoms with Gasteiger partial charge in [0.2, 0.25) is 5.95 Å². The second-order valence-corrected chi connectivity index (χ2v) is 10.2. The van der Waals surface area contributed by atoms with Crippen molar-refractivity contribution in [2.75, 3.05) is 38.2 Å². The quantitative estimate of drug-likeness (QED) is 0.281. The standard InChI is InChI=1S/C24H23F3N8O3S/c25-24(26,27)13-35-18-10-17-15(9-16(18)31-23(35)37)30-22(34(17)4-3-33-5-7-38-8-6-33)32-21(36)20-2-1-19(39-20)14-11-28-29-12-14/h1-2,9-12H,3-8,13H2,(H,28,29)(H,31,37)(H,30,32,36). The van der Waals surface area contributed by atoms with Crippen LogP contribution in [0.5, 0.6) is 0 Å². The van der Waals surface area contributed by atoms with Crippen molar-refractivity contribution in [2.24, 2.45) is 0 Å². The maximum absolute atomic E-state index is 13.2. The Kier molecular flexibility index (Phi) is 6.48. The molecule has 1 aromatic carbocycles. The van der Waals surface area contributed by atoms with E-state index in [0.717, 1.165) is 23.5 Å². The largest absolute Gasteiger partial charge is 0.406 e. The molecule has 6 rings (SSSR count). The maximum atomic E-state index is 13.2. The van der Waals surface area contributed by atoms with Gasteiger partial charge < -0.3 is 14.3 Å². The van der Waals surface area contributed by atoms with E-state index in [0.29, 0.717) is 46.8 Å². The number of aromatic nitrogens is 6. The third-order valence-corrected chi connectivity index (χ3v) is 7.70. The van der Waals surface area contributed by atoms with Gasteiger partial charge in [-0.05, 0) is 24.3 Å². The molecule has 3 N–H and O–H groups in total. The monoisotopic (exact) mass is 560 g/mol. The molecule has 4 aromatic heterocycles. The van der Waals surface area contributed by atoms with Crippen LogP contribution in [0.3, 0.4) is 0 Å². The van der Waals surface area contributed by atoms with E-state index in [1.807, 2.05) is 6.07 Å². The summed E-state index contributed by atoms with van der Waals surface area (Å²) in [5.74, 6) is -0.101. The highest BCUT2D eigenvalue weighted by molar-refractivity contribution is 7.17. The molecule has 0 spiro atoms. The smallest absolute Gasteiger partial charge is 0.379 e. The van der Waals surface area contributed by atoms with Crippen molar-refractivity contribution in [3.8, 4) is 10.4 Å². The molecule has 0 radical (unpaired) electrons. The first-order chi connectivity index (χ1) is 18.7. The summed E-state index contributed by atoms with van der Waals surface area (Å²) >= 11 is 1.30. The van der Waals surface area contributed by atoms with Crippen LogP contribution in [0.25, 0.3) is 32.5 Å². The van der Waals surface area contributed by atoms with Gasteiger partial charge in [0, 0.05) is 42.8 Å². The molecule has 39 heavy (non-hydrogen) atoms. The molecule has 204 valence electrons. The Bertz CT molecular complexity index is 1690. The molecule has 15 heteroatoms. The number of imidazole rings is 2. The predicted molar refractivity (Wildman–Crippen MR) is 139 cm³/mol. The first kappa shape index (κ1) is 25.3. The van der Waals surface area contributed by atoms with Crippen molar-refractivity contribution in [2.45, 2.75) is 19.3 Å². The number of anilines is 1. The van der Waals surface area contributed by atoms with Crippen LogP contribution >= 0.6 is 11.3 Å². The zero-order chi connectivity index (χ0) is 27.1. The van der Waals surface area contributed by atoms with Gasteiger partial charge in [0.25, 0.3) is 5.91 Å². The lowest BCUT2D eigenvalue weighted by molar-refractivity contribution is -0.140. The molecule has 0 unspecified atom stereocenters. The van der Waals surface area contributed by atoms with Crippen LogP contribution in [0, 0.1) is 0 Å². The average molecular weight is 561 g/mol. The fraction of sp³-hybridized carbons (Fsp3) is 0.333. The third-order valence-electron chi connectivity index (χ3n) is 6.56. The lowest BCUT2D eigenvalue weighted by Crippen LogP contribution is -2.38. The van der Waals surface area contributed by atoms with E-state index in [-0.39, 0.29) is 22.9 Å². The molecule has 1 amide bonds. The summed E-state index contributed by atoms with van der Waals surface area (Å²) in [6.07, 6.45) is -1.17. The Morgan fingerprint density at radius 3 is 2.69 bits per heavy atom. The lowest BCUT2D eigenvalue weighted by Gasteiger charge is -2.26. The molecule has 0 saturated carbocycles. The predicted octanol–water partition coefficient (Wildman–Crippen LogP) is 3.28. The molecule has 5 aromatic rings. The van der Waals surface area contributed by atoms with Crippen LogP contribution in [-0.4, -0.2) is 79.1 Å². The fourth-order valence-electron chi connectivity index (χ4n) is 4.66. The molecule has 11 nitrogen and oxygen atoms in total. The first-order valence-electron chi connectivity index (χ1n) is 12.2. The van der Waals surface area contributed by atoms with Crippen molar-refractivity contribution in [3.05, 3.63) is 52.0 Å². The van der Waals surface area contributed by atoms with Crippen molar-refractivity contribution >= 4 is 45.3 Å². The van der Waals surface area contributed by atoms with Gasteiger partial charge >= 0.3 is 11.9 Å². The summed E-state index contributed by atoms with van der Waals surface area (Å²) in [4.78, 5) is 36.1. The van der Waals surface area contributed by atoms with Gasteiger partial charge in [0.15, 0.2) is 0 Å². The number of benzene rings is 1. The zero-order valence-corrected chi connectivity index (χ0v) is 21.2. The number of nitrogens with zero attached hydrogens (tertiary/aromatic N) is 5. The number of carbonyl (C=O) groups is 1. The van der Waals surface area contributed by atoms with E-state index >= 15 is 0 Å². The van der Waals surface area contributed by atoms with E-state index < -0.39 is 18.4 Å². The van der Waals surface area contributed by atoms with E-state index in [9.17, 15) is 22.8 Å². The number of halogens is 3. The van der Waals surface area contributed by atoms with Gasteiger partial charge in [-0.2, -0.15) is 18.3 Å². The number of carbonyl (C=O) groups excluding carboxylic acids is 1. The molecular weight excluding hydrogens is 537 g/mol. The number of hydrogen-bond donors (Lipinski definition) is 3. The van der Waals surface area contributed by atoms with E-state index in [2.05, 4.69) is 30.4 Å². The number of rotatable bonds is 7. The molecule has 0 bridgehead atoms. The van der Waals surface area contributed by atoms with Gasteiger partial charge in [0.1, 0.15) is 6.54 Å². The number of H-pyrrole nitrogens is 2. The molecule has 1 aliphatic rings. The van der Waals surface area contributed by atoms with E-state index in [1.165, 1.54) is 23.5 Å². The highest BCUT2D eigenvalue weighted by Gasteiger charge is 2.30. The minimum atomic E-state index is -4.57. The topological polar surface area (TPSA) is 126 Å². The summed E-state index contributed by atoms with van der Waals surface area (Å²) in [5, 5.41) is 9.55. The van der Waals surface area contributed by atoms with E-state index in [4.69, 9.17) is 4.74 Å². The van der Waals surface area contributed by atoms with Crippen LogP contribution < -0.4 is 11.0 Å². The van der Waals surface area contributed by atoms with Crippen LogP contribution in [0.4, 0.5) is 19.1 Å². The number of morpholine rings is 1. The second-order valence-electron chi connectivity index (χ2n) is 9.14. The molecule has 5 heterocycles. The maximum Gasteiger partial charge on any atom is 0.406 e. The summed E-state index contributed by atoms with van der Waals surface area (Å²) in [5.41, 5.74) is 1.29. The van der Waals surface area contributed by atoms with Gasteiger partial charge in [-0.25, -0.2) is 9.78 Å². The number of amides is 1. The Balaban J connectivity index is 1.37. The Morgan fingerprint density at radius 2 is 1.95 bits per heavy atom. The minimum Gasteiger partial charge on any atom is -0.379 e. The van der Waals surface area contributed by atoms with Crippen molar-refractivity contribution in [1.29, 1.82) is 0 Å². The van der Waals surface area contributed by atoms with Crippen molar-refractivity contribution < 1.29 is 22.7 Å². The number of hydrogen-bond acceptors (Lipinski definition) is 7. The first-order valence-corrected chi connectivity index (χ1v) is 13.0. The van der Waals surface area contributed by atoms with Gasteiger partial charge in [-0.3, -0.25) is 24.7 Å². The number of thiophene rings is 1. The van der Waals surface area contributed by atoms with E-state index in [1.54, 1.807) is 23.0 Å². The fourth-order valence-corrected chi connectivity index (χ4v) is 5.55. The molecule has 0 aliphatic carbocycles. The average Bonchev–Trinajstić information content (AvgIpc) is 3.69. The zero-order valence-electron chi connectivity index (χ0n) is 20.4. The lowest BCUT2D eigenvalue weighted by atomic mass is 10.2. The Hall–Kier alpha value is -3.95. The highest BCUT2D eigenvalue weighted by Crippen LogP contribution is 2.30. The van der Waals surface area contributed by atoms with Gasteiger partial charge in [-0.1, -0.05) is 0 Å². The Labute approximate surface area is 222 Å². The molecule has 1 saturated heterocycles. The van der Waals surface area contributed by atoms with Crippen LogP contribution in [0.2, 0.25) is 0 Å². The third kappa shape index (κ3) is 5.20. The number of alkyl halides is 3. The summed E-state index contributed by atoms with van der Waals surface area (Å²) in [7, 11) is 0. The number of fused-ring (bicyclic) bond motifs is 2. The number of ether oxygens (including phenoxy) is 1. The van der Waals surface area contributed by atoms with Crippen molar-refractivity contribution in [3.63, 3.8) is 0 Å². The number of nitrogens with one attached hydrogen (secondary N) is 3. The van der Waals surface area contributed by atoms with Gasteiger partial charge in [0.05, 0.1) is 46.4 Å². The summed E-state index contributed by atoms with van der Waals surface area (Å²) in [6.45, 7) is 2.32. The molecule has 1 fully saturated rings. The summed E-state index contributed by atoms with van der Waals surface area (Å²) < 4.78 is 47.4. The molecule has 1 aliphatic heterocycles. The minimum absolute atomic E-state index is 0.109. The normalized spacial score (nSPS) is 14.9. The molecule has 0 atom stereocenters. The van der Waals surface area contributed by atoms with Crippen molar-refractivity contribution in [1.82, 2.24) is 34.2 Å². The summed E-state index contributed by atoms with van der Waals surface area (Å²) in [6, 6.07) is 6.58. The second kappa shape index (κ2) is 9.98.